The number of aliphatic hydroxyl groups excluding tert-OH is 1. The molecule has 0 aliphatic heterocycles. The smallest absolute Gasteiger partial charge is 0.313 e. The van der Waals surface area contributed by atoms with Gasteiger partial charge >= 0.3 is 11.9 Å². The summed E-state index contributed by atoms with van der Waals surface area (Å²) in [6, 6.07) is 0. The van der Waals surface area contributed by atoms with Gasteiger partial charge in [-0.3, -0.25) is 14.4 Å². The number of unbranched alkanes of at least 4 members (excludes halogenated alkanes) is 14. The second-order valence-corrected chi connectivity index (χ2v) is 8.56. The highest BCUT2D eigenvalue weighted by Gasteiger charge is 2.16. The maximum Gasteiger partial charge on any atom is 0.313 e. The molecular weight excluding hydrogens is 396 g/mol. The molecule has 0 aliphatic carbocycles. The highest BCUT2D eigenvalue weighted by atomic mass is 16.6. The van der Waals surface area contributed by atoms with Crippen LogP contribution in [0.15, 0.2) is 0 Å². The Labute approximate surface area is 189 Å². The second-order valence-electron chi connectivity index (χ2n) is 8.56. The van der Waals surface area contributed by atoms with E-state index in [1.54, 1.807) is 0 Å². The van der Waals surface area contributed by atoms with Crippen molar-refractivity contribution in [2.45, 2.75) is 129 Å². The van der Waals surface area contributed by atoms with Crippen molar-refractivity contribution in [1.29, 1.82) is 0 Å². The van der Waals surface area contributed by atoms with E-state index in [0.717, 1.165) is 19.3 Å². The molecule has 6 heteroatoms. The van der Waals surface area contributed by atoms with E-state index in [-0.39, 0.29) is 18.8 Å². The lowest BCUT2D eigenvalue weighted by Gasteiger charge is -2.15. The van der Waals surface area contributed by atoms with Gasteiger partial charge in [-0.1, -0.05) is 96.8 Å². The third kappa shape index (κ3) is 21.6. The van der Waals surface area contributed by atoms with Crippen LogP contribution in [0, 0.1) is 0 Å². The van der Waals surface area contributed by atoms with Crippen LogP contribution in [0.5, 0.6) is 0 Å². The van der Waals surface area contributed by atoms with Crippen molar-refractivity contribution in [1.82, 2.24) is 0 Å². The molecule has 0 saturated carbocycles. The third-order valence-electron chi connectivity index (χ3n) is 5.31. The summed E-state index contributed by atoms with van der Waals surface area (Å²) in [6.07, 6.45) is 18.1. The molecule has 0 rings (SSSR count). The van der Waals surface area contributed by atoms with Gasteiger partial charge in [0, 0.05) is 6.42 Å². The van der Waals surface area contributed by atoms with E-state index >= 15 is 0 Å². The van der Waals surface area contributed by atoms with E-state index in [4.69, 9.17) is 9.47 Å². The predicted octanol–water partition coefficient (Wildman–Crippen LogP) is 5.67. The standard InChI is InChI=1S/C25H46O6/c1-3-4-5-6-7-8-9-10-11-12-13-14-15-16-17-18-24(28)31-23(20-26)21-30-25(29)19-22(2)27/h23,26H,3-21H2,1-2H3. The zero-order valence-electron chi connectivity index (χ0n) is 20.0. The molecule has 0 fully saturated rings. The minimum absolute atomic E-state index is 0.229. The number of carbonyl (C=O) groups is 3. The molecule has 0 aromatic carbocycles. The van der Waals surface area contributed by atoms with Crippen LogP contribution in [-0.4, -0.2) is 42.1 Å². The van der Waals surface area contributed by atoms with E-state index in [0.29, 0.717) is 6.42 Å². The van der Waals surface area contributed by atoms with Gasteiger partial charge < -0.3 is 14.6 Å². The Bertz CT molecular complexity index is 463. The van der Waals surface area contributed by atoms with Gasteiger partial charge in [-0.15, -0.1) is 0 Å². The van der Waals surface area contributed by atoms with Gasteiger partial charge in [0.2, 0.25) is 0 Å². The van der Waals surface area contributed by atoms with Crippen molar-refractivity contribution in [3.63, 3.8) is 0 Å². The maximum absolute atomic E-state index is 11.8. The number of aliphatic hydroxyl groups is 1. The van der Waals surface area contributed by atoms with Gasteiger partial charge in [-0.2, -0.15) is 0 Å². The minimum atomic E-state index is -0.875. The summed E-state index contributed by atoms with van der Waals surface area (Å²) in [5.41, 5.74) is 0. The molecule has 0 saturated heterocycles. The van der Waals surface area contributed by atoms with Crippen LogP contribution >= 0.6 is 0 Å². The molecular formula is C25H46O6. The van der Waals surface area contributed by atoms with Crippen LogP contribution in [0.4, 0.5) is 0 Å². The van der Waals surface area contributed by atoms with Crippen LogP contribution in [0.3, 0.4) is 0 Å². The first-order chi connectivity index (χ1) is 15.0. The van der Waals surface area contributed by atoms with Gasteiger partial charge in [0.05, 0.1) is 6.61 Å². The molecule has 0 spiro atoms. The first-order valence-corrected chi connectivity index (χ1v) is 12.4. The van der Waals surface area contributed by atoms with Crippen molar-refractivity contribution >= 4 is 17.7 Å². The number of carbonyl (C=O) groups excluding carboxylic acids is 3. The SMILES string of the molecule is CCCCCCCCCCCCCCCCCC(=O)OC(CO)COC(=O)CC(C)=O. The van der Waals surface area contributed by atoms with Crippen LogP contribution in [0.25, 0.3) is 0 Å². The first kappa shape index (κ1) is 29.6. The number of hydrogen-bond acceptors (Lipinski definition) is 6. The zero-order valence-corrected chi connectivity index (χ0v) is 20.0. The molecule has 31 heavy (non-hydrogen) atoms. The van der Waals surface area contributed by atoms with E-state index in [2.05, 4.69) is 6.92 Å². The normalized spacial score (nSPS) is 11.8. The lowest BCUT2D eigenvalue weighted by atomic mass is 10.0. The Morgan fingerprint density at radius 3 is 1.58 bits per heavy atom. The number of ether oxygens (including phenoxy) is 2. The highest BCUT2D eigenvalue weighted by molar-refractivity contribution is 5.94. The first-order valence-electron chi connectivity index (χ1n) is 12.4. The fourth-order valence-corrected chi connectivity index (χ4v) is 3.45. The van der Waals surface area contributed by atoms with Crippen molar-refractivity contribution in [2.24, 2.45) is 0 Å². The summed E-state index contributed by atoms with van der Waals surface area (Å²) in [5, 5.41) is 9.24. The maximum atomic E-state index is 11.8. The van der Waals surface area contributed by atoms with Gasteiger partial charge in [0.25, 0.3) is 0 Å². The average molecular weight is 443 g/mol. The Kier molecular flexibility index (Phi) is 20.8. The molecule has 0 bridgehead atoms. The van der Waals surface area contributed by atoms with Crippen molar-refractivity contribution < 1.29 is 29.0 Å². The molecule has 6 nitrogen and oxygen atoms in total. The molecule has 0 radical (unpaired) electrons. The van der Waals surface area contributed by atoms with Crippen LogP contribution in [0.1, 0.15) is 123 Å². The highest BCUT2D eigenvalue weighted by Crippen LogP contribution is 2.14. The van der Waals surface area contributed by atoms with E-state index < -0.39 is 24.6 Å². The Hall–Kier alpha value is -1.43. The van der Waals surface area contributed by atoms with Crippen LogP contribution < -0.4 is 0 Å². The van der Waals surface area contributed by atoms with Crippen LogP contribution in [0.2, 0.25) is 0 Å². The lowest BCUT2D eigenvalue weighted by molar-refractivity contribution is -0.162. The van der Waals surface area contributed by atoms with Gasteiger partial charge in [-0.05, 0) is 13.3 Å². The third-order valence-corrected chi connectivity index (χ3v) is 5.31. The molecule has 0 aromatic rings. The average Bonchev–Trinajstić information content (AvgIpc) is 2.73. The quantitative estimate of drug-likeness (QED) is 0.132. The second kappa shape index (κ2) is 21.8. The minimum Gasteiger partial charge on any atom is -0.461 e. The number of hydrogen-bond donors (Lipinski definition) is 1. The summed E-state index contributed by atoms with van der Waals surface area (Å²) in [4.78, 5) is 34.0. The van der Waals surface area contributed by atoms with E-state index in [1.807, 2.05) is 0 Å². The fourth-order valence-electron chi connectivity index (χ4n) is 3.45. The number of esters is 2. The summed E-state index contributed by atoms with van der Waals surface area (Å²) < 4.78 is 9.96. The Morgan fingerprint density at radius 2 is 1.16 bits per heavy atom. The number of Topliss-reactive ketones (excluding diaryl/α,β-unsaturated/α-hetero) is 1. The summed E-state index contributed by atoms with van der Waals surface area (Å²) in [7, 11) is 0. The van der Waals surface area contributed by atoms with Crippen LogP contribution in [-0.2, 0) is 23.9 Å². The lowest BCUT2D eigenvalue weighted by Crippen LogP contribution is -2.28. The van der Waals surface area contributed by atoms with Gasteiger partial charge in [-0.25, -0.2) is 0 Å². The summed E-state index contributed by atoms with van der Waals surface area (Å²) in [6.45, 7) is 2.90. The van der Waals surface area contributed by atoms with Crippen molar-refractivity contribution in [2.75, 3.05) is 13.2 Å². The molecule has 0 aliphatic rings. The van der Waals surface area contributed by atoms with E-state index in [9.17, 15) is 19.5 Å². The largest absolute Gasteiger partial charge is 0.461 e. The van der Waals surface area contributed by atoms with Crippen molar-refractivity contribution in [3.8, 4) is 0 Å². The molecule has 1 N–H and O–H groups in total. The molecule has 1 unspecified atom stereocenters. The Balaban J connectivity index is 3.48. The fraction of sp³-hybridized carbons (Fsp3) is 0.880. The summed E-state index contributed by atoms with van der Waals surface area (Å²) in [5.74, 6) is -1.36. The zero-order chi connectivity index (χ0) is 23.2. The predicted molar refractivity (Wildman–Crippen MR) is 123 cm³/mol. The summed E-state index contributed by atoms with van der Waals surface area (Å²) >= 11 is 0. The molecule has 182 valence electrons. The molecule has 0 aromatic heterocycles. The molecule has 0 heterocycles. The molecule has 1 atom stereocenters. The Morgan fingerprint density at radius 1 is 0.710 bits per heavy atom. The number of rotatable bonds is 22. The van der Waals surface area contributed by atoms with Gasteiger partial charge in [0.1, 0.15) is 18.8 Å². The van der Waals surface area contributed by atoms with E-state index in [1.165, 1.54) is 84.0 Å². The van der Waals surface area contributed by atoms with Crippen molar-refractivity contribution in [3.05, 3.63) is 0 Å². The monoisotopic (exact) mass is 442 g/mol. The van der Waals surface area contributed by atoms with Gasteiger partial charge in [0.15, 0.2) is 6.10 Å². The number of ketones is 1. The molecule has 0 amide bonds. The topological polar surface area (TPSA) is 89.9 Å².